The monoisotopic (exact) mass is 303 g/mol. The number of morpholine rings is 1. The zero-order valence-corrected chi connectivity index (χ0v) is 12.5. The van der Waals surface area contributed by atoms with Crippen molar-refractivity contribution in [2.75, 3.05) is 13.2 Å². The number of carbonyl (C=O) groups is 1. The standard InChI is InChI=1S/C17H18FNO3/c1-10-11-4-2-5-12(18)16(11)22-15(10)17(20)19-8-9-21-14-7-3-6-13(14)19/h2,4-5,13-14H,3,6-9H2,1H3/t13-,14+/m0/s1. The maximum absolute atomic E-state index is 13.9. The van der Waals surface area contributed by atoms with E-state index in [0.29, 0.717) is 24.1 Å². The van der Waals surface area contributed by atoms with Crippen molar-refractivity contribution in [2.24, 2.45) is 0 Å². The molecule has 2 atom stereocenters. The Morgan fingerprint density at radius 2 is 2.23 bits per heavy atom. The van der Waals surface area contributed by atoms with E-state index in [1.807, 2.05) is 11.8 Å². The second kappa shape index (κ2) is 5.09. The molecule has 1 aliphatic carbocycles. The highest BCUT2D eigenvalue weighted by Gasteiger charge is 2.40. The number of halogens is 1. The molecule has 2 heterocycles. The summed E-state index contributed by atoms with van der Waals surface area (Å²) in [5.41, 5.74) is 0.875. The van der Waals surface area contributed by atoms with E-state index in [4.69, 9.17) is 9.15 Å². The lowest BCUT2D eigenvalue weighted by atomic mass is 10.1. The normalized spacial score (nSPS) is 24.7. The molecule has 0 N–H and O–H groups in total. The number of furan rings is 1. The average molecular weight is 303 g/mol. The first-order chi connectivity index (χ1) is 10.7. The first-order valence-corrected chi connectivity index (χ1v) is 7.77. The lowest BCUT2D eigenvalue weighted by molar-refractivity contribution is -0.0454. The van der Waals surface area contributed by atoms with Crippen molar-refractivity contribution >= 4 is 16.9 Å². The van der Waals surface area contributed by atoms with Crippen LogP contribution in [0.1, 0.15) is 35.4 Å². The lowest BCUT2D eigenvalue weighted by Gasteiger charge is -2.37. The topological polar surface area (TPSA) is 42.7 Å². The molecule has 1 aromatic heterocycles. The van der Waals surface area contributed by atoms with Gasteiger partial charge in [0.05, 0.1) is 18.8 Å². The molecule has 22 heavy (non-hydrogen) atoms. The molecule has 4 nitrogen and oxygen atoms in total. The Hall–Kier alpha value is -1.88. The van der Waals surface area contributed by atoms with E-state index in [2.05, 4.69) is 0 Å². The molecule has 116 valence electrons. The van der Waals surface area contributed by atoms with Crippen LogP contribution in [0.2, 0.25) is 0 Å². The van der Waals surface area contributed by atoms with Gasteiger partial charge in [-0.2, -0.15) is 0 Å². The number of aryl methyl sites for hydroxylation is 1. The van der Waals surface area contributed by atoms with Crippen LogP contribution in [0.25, 0.3) is 11.0 Å². The fourth-order valence-electron chi connectivity index (χ4n) is 3.72. The average Bonchev–Trinajstić information content (AvgIpc) is 3.12. The molecule has 2 aromatic rings. The van der Waals surface area contributed by atoms with Crippen LogP contribution in [0, 0.1) is 12.7 Å². The second-order valence-electron chi connectivity index (χ2n) is 6.08. The number of hydrogen-bond donors (Lipinski definition) is 0. The van der Waals surface area contributed by atoms with E-state index in [1.165, 1.54) is 6.07 Å². The first-order valence-electron chi connectivity index (χ1n) is 7.77. The Kier molecular flexibility index (Phi) is 3.18. The minimum Gasteiger partial charge on any atom is -0.448 e. The molecule has 1 aromatic carbocycles. The van der Waals surface area contributed by atoms with Gasteiger partial charge in [-0.25, -0.2) is 4.39 Å². The maximum Gasteiger partial charge on any atom is 0.290 e. The molecule has 1 saturated carbocycles. The number of fused-ring (bicyclic) bond motifs is 2. The smallest absolute Gasteiger partial charge is 0.290 e. The van der Waals surface area contributed by atoms with Gasteiger partial charge in [-0.1, -0.05) is 12.1 Å². The van der Waals surface area contributed by atoms with Gasteiger partial charge >= 0.3 is 0 Å². The van der Waals surface area contributed by atoms with Crippen molar-refractivity contribution < 1.29 is 18.3 Å². The number of carbonyl (C=O) groups excluding carboxylic acids is 1. The third-order valence-corrected chi connectivity index (χ3v) is 4.85. The molecule has 2 fully saturated rings. The van der Waals surface area contributed by atoms with E-state index >= 15 is 0 Å². The highest BCUT2D eigenvalue weighted by molar-refractivity contribution is 5.99. The number of nitrogens with zero attached hydrogens (tertiary/aromatic N) is 1. The number of benzene rings is 1. The van der Waals surface area contributed by atoms with E-state index in [0.717, 1.165) is 19.3 Å². The molecule has 0 spiro atoms. The SMILES string of the molecule is Cc1c(C(=O)N2CCO[C@@H]3CCC[C@@H]32)oc2c(F)cccc12. The summed E-state index contributed by atoms with van der Waals surface area (Å²) in [6.45, 7) is 2.94. The van der Waals surface area contributed by atoms with Gasteiger partial charge < -0.3 is 14.1 Å². The van der Waals surface area contributed by atoms with Gasteiger partial charge in [0.25, 0.3) is 5.91 Å². The van der Waals surface area contributed by atoms with Gasteiger partial charge in [-0.15, -0.1) is 0 Å². The van der Waals surface area contributed by atoms with Gasteiger partial charge in [0.15, 0.2) is 17.2 Å². The fraction of sp³-hybridized carbons (Fsp3) is 0.471. The molecule has 0 unspecified atom stereocenters. The van der Waals surface area contributed by atoms with Crippen LogP contribution in [0.15, 0.2) is 22.6 Å². The summed E-state index contributed by atoms with van der Waals surface area (Å²) in [7, 11) is 0. The number of rotatable bonds is 1. The molecular weight excluding hydrogens is 285 g/mol. The number of hydrogen-bond acceptors (Lipinski definition) is 3. The minimum atomic E-state index is -0.430. The molecule has 4 rings (SSSR count). The molecule has 1 saturated heterocycles. The minimum absolute atomic E-state index is 0.124. The van der Waals surface area contributed by atoms with Gasteiger partial charge in [-0.3, -0.25) is 4.79 Å². The van der Waals surface area contributed by atoms with Gasteiger partial charge in [0.2, 0.25) is 0 Å². The fourth-order valence-corrected chi connectivity index (χ4v) is 3.72. The largest absolute Gasteiger partial charge is 0.448 e. The third kappa shape index (κ3) is 1.96. The van der Waals surface area contributed by atoms with Crippen LogP contribution in [0.3, 0.4) is 0 Å². The van der Waals surface area contributed by atoms with Crippen molar-refractivity contribution in [2.45, 2.75) is 38.3 Å². The van der Waals surface area contributed by atoms with E-state index in [9.17, 15) is 9.18 Å². The Balaban J connectivity index is 1.73. The van der Waals surface area contributed by atoms with Crippen molar-refractivity contribution in [1.29, 1.82) is 0 Å². The highest BCUT2D eigenvalue weighted by atomic mass is 19.1. The Morgan fingerprint density at radius 3 is 3.05 bits per heavy atom. The van der Waals surface area contributed by atoms with Crippen molar-refractivity contribution in [3.05, 3.63) is 35.3 Å². The predicted octanol–water partition coefficient (Wildman–Crippen LogP) is 3.27. The summed E-state index contributed by atoms with van der Waals surface area (Å²) in [5.74, 6) is -0.318. The molecule has 0 bridgehead atoms. The van der Waals surface area contributed by atoms with Crippen molar-refractivity contribution in [1.82, 2.24) is 4.90 Å². The van der Waals surface area contributed by atoms with Crippen LogP contribution in [-0.2, 0) is 4.74 Å². The van der Waals surface area contributed by atoms with E-state index in [1.54, 1.807) is 12.1 Å². The van der Waals surface area contributed by atoms with Crippen LogP contribution < -0.4 is 0 Å². The van der Waals surface area contributed by atoms with Crippen molar-refractivity contribution in [3.8, 4) is 0 Å². The number of amides is 1. The van der Waals surface area contributed by atoms with Gasteiger partial charge in [0.1, 0.15) is 0 Å². The zero-order chi connectivity index (χ0) is 15.3. The van der Waals surface area contributed by atoms with Crippen LogP contribution in [0.5, 0.6) is 0 Å². The summed E-state index contributed by atoms with van der Waals surface area (Å²) >= 11 is 0. The molecule has 2 aliphatic rings. The van der Waals surface area contributed by atoms with Gasteiger partial charge in [0, 0.05) is 17.5 Å². The molecule has 1 aliphatic heterocycles. The maximum atomic E-state index is 13.9. The highest BCUT2D eigenvalue weighted by Crippen LogP contribution is 2.33. The molecule has 1 amide bonds. The van der Waals surface area contributed by atoms with Crippen LogP contribution in [-0.4, -0.2) is 36.1 Å². The summed E-state index contributed by atoms with van der Waals surface area (Å²) in [6, 6.07) is 4.89. The summed E-state index contributed by atoms with van der Waals surface area (Å²) < 4.78 is 25.2. The zero-order valence-electron chi connectivity index (χ0n) is 12.5. The van der Waals surface area contributed by atoms with E-state index in [-0.39, 0.29) is 29.4 Å². The van der Waals surface area contributed by atoms with Crippen LogP contribution in [0.4, 0.5) is 4.39 Å². The Morgan fingerprint density at radius 1 is 1.36 bits per heavy atom. The molecule has 0 radical (unpaired) electrons. The summed E-state index contributed by atoms with van der Waals surface area (Å²) in [4.78, 5) is 14.7. The summed E-state index contributed by atoms with van der Waals surface area (Å²) in [5, 5.41) is 0.666. The van der Waals surface area contributed by atoms with Crippen molar-refractivity contribution in [3.63, 3.8) is 0 Å². The van der Waals surface area contributed by atoms with E-state index < -0.39 is 5.82 Å². The Bertz CT molecular complexity index is 739. The summed E-state index contributed by atoms with van der Waals surface area (Å²) in [6.07, 6.45) is 3.18. The predicted molar refractivity (Wildman–Crippen MR) is 79.3 cm³/mol. The van der Waals surface area contributed by atoms with Gasteiger partial charge in [-0.05, 0) is 32.3 Å². The first kappa shape index (κ1) is 13.8. The Labute approximate surface area is 127 Å². The molecular formula is C17H18FNO3. The number of para-hydroxylation sites is 1. The number of ether oxygens (including phenoxy) is 1. The second-order valence-corrected chi connectivity index (χ2v) is 6.08. The third-order valence-electron chi connectivity index (χ3n) is 4.85. The lowest BCUT2D eigenvalue weighted by Crippen LogP contribution is -2.51. The van der Waals surface area contributed by atoms with Crippen LogP contribution >= 0.6 is 0 Å². The quantitative estimate of drug-likeness (QED) is 0.812. The molecule has 5 heteroatoms.